The SMILES string of the molecule is O=C(CCSc1nc2ccccc2s1)N[C@@H]1CCc2ccccc21. The van der Waals surface area contributed by atoms with Crippen LogP contribution in [0.15, 0.2) is 52.9 Å². The van der Waals surface area contributed by atoms with Crippen molar-refractivity contribution in [1.82, 2.24) is 10.3 Å². The number of nitrogens with one attached hydrogen (secondary N) is 1. The molecule has 0 radical (unpaired) electrons. The van der Waals surface area contributed by atoms with Crippen LogP contribution in [-0.4, -0.2) is 16.6 Å². The molecule has 3 aromatic rings. The Bertz CT molecular complexity index is 841. The standard InChI is InChI=1S/C19H18N2OS2/c22-18(20-15-10-9-13-5-1-2-6-14(13)15)11-12-23-19-21-16-7-3-4-8-17(16)24-19/h1-8,15H,9-12H2,(H,20,22)/t15-/m1/s1. The number of fused-ring (bicyclic) bond motifs is 2. The zero-order valence-electron chi connectivity index (χ0n) is 13.2. The minimum absolute atomic E-state index is 0.130. The number of nitrogens with zero attached hydrogens (tertiary/aromatic N) is 1. The van der Waals surface area contributed by atoms with Crippen molar-refractivity contribution in [3.63, 3.8) is 0 Å². The van der Waals surface area contributed by atoms with Crippen molar-refractivity contribution in [3.8, 4) is 0 Å². The summed E-state index contributed by atoms with van der Waals surface area (Å²) in [6.45, 7) is 0. The number of amides is 1. The van der Waals surface area contributed by atoms with Crippen molar-refractivity contribution in [2.75, 3.05) is 5.75 Å². The summed E-state index contributed by atoms with van der Waals surface area (Å²) in [6.07, 6.45) is 2.59. The highest BCUT2D eigenvalue weighted by atomic mass is 32.2. The molecule has 5 heteroatoms. The van der Waals surface area contributed by atoms with Crippen LogP contribution in [0, 0.1) is 0 Å². The maximum atomic E-state index is 12.2. The van der Waals surface area contributed by atoms with Gasteiger partial charge in [0.15, 0.2) is 4.34 Å². The van der Waals surface area contributed by atoms with Gasteiger partial charge in [-0.05, 0) is 36.1 Å². The third-order valence-corrected chi connectivity index (χ3v) is 6.48. The molecule has 0 bridgehead atoms. The van der Waals surface area contributed by atoms with Crippen LogP contribution in [0.2, 0.25) is 0 Å². The van der Waals surface area contributed by atoms with E-state index in [1.807, 2.05) is 24.3 Å². The molecular weight excluding hydrogens is 336 g/mol. The lowest BCUT2D eigenvalue weighted by Crippen LogP contribution is -2.27. The number of rotatable bonds is 5. The molecule has 1 aliphatic carbocycles. The maximum Gasteiger partial charge on any atom is 0.221 e. The lowest BCUT2D eigenvalue weighted by Gasteiger charge is -2.13. The van der Waals surface area contributed by atoms with Crippen molar-refractivity contribution in [2.45, 2.75) is 29.6 Å². The van der Waals surface area contributed by atoms with E-state index in [1.54, 1.807) is 23.1 Å². The zero-order chi connectivity index (χ0) is 16.4. The Morgan fingerprint density at radius 3 is 2.96 bits per heavy atom. The Kier molecular flexibility index (Phi) is 4.54. The molecule has 1 aliphatic rings. The fourth-order valence-electron chi connectivity index (χ4n) is 3.12. The topological polar surface area (TPSA) is 42.0 Å². The van der Waals surface area contributed by atoms with E-state index in [-0.39, 0.29) is 11.9 Å². The summed E-state index contributed by atoms with van der Waals surface area (Å²) in [4.78, 5) is 16.8. The molecular formula is C19H18N2OS2. The smallest absolute Gasteiger partial charge is 0.221 e. The third-order valence-electron chi connectivity index (χ3n) is 4.30. The second-order valence-corrected chi connectivity index (χ2v) is 8.28. The fraction of sp³-hybridized carbons (Fsp3) is 0.263. The van der Waals surface area contributed by atoms with Gasteiger partial charge in [-0.1, -0.05) is 48.2 Å². The molecule has 0 saturated carbocycles. The van der Waals surface area contributed by atoms with Crippen molar-refractivity contribution >= 4 is 39.2 Å². The molecule has 2 aromatic carbocycles. The first-order valence-electron chi connectivity index (χ1n) is 8.15. The molecule has 4 rings (SSSR count). The molecule has 3 nitrogen and oxygen atoms in total. The van der Waals surface area contributed by atoms with Gasteiger partial charge >= 0.3 is 0 Å². The van der Waals surface area contributed by atoms with Gasteiger partial charge in [0.1, 0.15) is 0 Å². The number of thiazole rings is 1. The first-order chi connectivity index (χ1) is 11.8. The Hall–Kier alpha value is -1.85. The summed E-state index contributed by atoms with van der Waals surface area (Å²) in [5, 5.41) is 3.18. The van der Waals surface area contributed by atoms with E-state index < -0.39 is 0 Å². The summed E-state index contributed by atoms with van der Waals surface area (Å²) < 4.78 is 2.24. The van der Waals surface area contributed by atoms with E-state index in [4.69, 9.17) is 0 Å². The molecule has 24 heavy (non-hydrogen) atoms. The Morgan fingerprint density at radius 2 is 2.04 bits per heavy atom. The molecule has 0 spiro atoms. The molecule has 1 aromatic heterocycles. The molecule has 0 aliphatic heterocycles. The zero-order valence-corrected chi connectivity index (χ0v) is 14.8. The second kappa shape index (κ2) is 6.95. The number of aromatic nitrogens is 1. The number of benzene rings is 2. The minimum atomic E-state index is 0.130. The molecule has 0 fully saturated rings. The van der Waals surface area contributed by atoms with Gasteiger partial charge in [0, 0.05) is 12.2 Å². The van der Waals surface area contributed by atoms with Gasteiger partial charge in [0.25, 0.3) is 0 Å². The Morgan fingerprint density at radius 1 is 1.21 bits per heavy atom. The van der Waals surface area contributed by atoms with Crippen molar-refractivity contribution in [2.24, 2.45) is 0 Å². The van der Waals surface area contributed by atoms with Crippen molar-refractivity contribution < 1.29 is 4.79 Å². The second-order valence-electron chi connectivity index (χ2n) is 5.90. The van der Waals surface area contributed by atoms with Gasteiger partial charge in [0.05, 0.1) is 16.3 Å². The molecule has 1 heterocycles. The highest BCUT2D eigenvalue weighted by Gasteiger charge is 2.23. The van der Waals surface area contributed by atoms with Gasteiger partial charge in [-0.25, -0.2) is 4.98 Å². The van der Waals surface area contributed by atoms with Gasteiger partial charge < -0.3 is 5.32 Å². The number of para-hydroxylation sites is 1. The number of hydrogen-bond acceptors (Lipinski definition) is 4. The van der Waals surface area contributed by atoms with Gasteiger partial charge in [0.2, 0.25) is 5.91 Å². The lowest BCUT2D eigenvalue weighted by atomic mass is 10.1. The third kappa shape index (κ3) is 3.32. The van der Waals surface area contributed by atoms with E-state index in [1.165, 1.54) is 15.8 Å². The summed E-state index contributed by atoms with van der Waals surface area (Å²) in [6, 6.07) is 16.7. The summed E-state index contributed by atoms with van der Waals surface area (Å²) in [5.74, 6) is 0.894. The van der Waals surface area contributed by atoms with Crippen LogP contribution in [0.3, 0.4) is 0 Å². The van der Waals surface area contributed by atoms with E-state index >= 15 is 0 Å². The number of carbonyl (C=O) groups is 1. The van der Waals surface area contributed by atoms with Gasteiger partial charge in [-0.3, -0.25) is 4.79 Å². The van der Waals surface area contributed by atoms with Gasteiger partial charge in [-0.15, -0.1) is 11.3 Å². The number of hydrogen-bond donors (Lipinski definition) is 1. The van der Waals surface area contributed by atoms with Crippen molar-refractivity contribution in [1.29, 1.82) is 0 Å². The Balaban J connectivity index is 1.29. The minimum Gasteiger partial charge on any atom is -0.349 e. The normalized spacial score (nSPS) is 16.2. The van der Waals surface area contributed by atoms with Crippen LogP contribution in [-0.2, 0) is 11.2 Å². The number of aryl methyl sites for hydroxylation is 1. The van der Waals surface area contributed by atoms with E-state index in [0.29, 0.717) is 6.42 Å². The van der Waals surface area contributed by atoms with Crippen LogP contribution in [0.25, 0.3) is 10.2 Å². The molecule has 0 unspecified atom stereocenters. The molecule has 122 valence electrons. The number of carbonyl (C=O) groups excluding carboxylic acids is 1. The predicted octanol–water partition coefficient (Wildman–Crippen LogP) is 4.58. The largest absolute Gasteiger partial charge is 0.349 e. The van der Waals surface area contributed by atoms with Gasteiger partial charge in [-0.2, -0.15) is 0 Å². The van der Waals surface area contributed by atoms with Crippen LogP contribution in [0.4, 0.5) is 0 Å². The number of thioether (sulfide) groups is 1. The molecule has 1 N–H and O–H groups in total. The maximum absolute atomic E-state index is 12.2. The van der Waals surface area contributed by atoms with Crippen molar-refractivity contribution in [3.05, 3.63) is 59.7 Å². The summed E-state index contributed by atoms with van der Waals surface area (Å²) in [5.41, 5.74) is 3.69. The van der Waals surface area contributed by atoms with E-state index in [0.717, 1.165) is 28.5 Å². The van der Waals surface area contributed by atoms with Crippen LogP contribution in [0.5, 0.6) is 0 Å². The monoisotopic (exact) mass is 354 g/mol. The highest BCUT2D eigenvalue weighted by molar-refractivity contribution is 8.01. The fourth-order valence-corrected chi connectivity index (χ4v) is 5.19. The summed E-state index contributed by atoms with van der Waals surface area (Å²) in [7, 11) is 0. The predicted molar refractivity (Wildman–Crippen MR) is 101 cm³/mol. The first-order valence-corrected chi connectivity index (χ1v) is 9.95. The molecule has 0 saturated heterocycles. The lowest BCUT2D eigenvalue weighted by molar-refractivity contribution is -0.121. The summed E-state index contributed by atoms with van der Waals surface area (Å²) >= 11 is 3.36. The molecule has 1 amide bonds. The van der Waals surface area contributed by atoms with Crippen LogP contribution >= 0.6 is 23.1 Å². The van der Waals surface area contributed by atoms with Crippen LogP contribution in [0.1, 0.15) is 30.0 Å². The first kappa shape index (κ1) is 15.7. The average molecular weight is 355 g/mol. The quantitative estimate of drug-likeness (QED) is 0.682. The molecule has 1 atom stereocenters. The van der Waals surface area contributed by atoms with Crippen LogP contribution < -0.4 is 5.32 Å². The average Bonchev–Trinajstić information content (AvgIpc) is 3.19. The van der Waals surface area contributed by atoms with E-state index in [2.05, 4.69) is 34.6 Å². The Labute approximate surface area is 149 Å². The highest BCUT2D eigenvalue weighted by Crippen LogP contribution is 2.31. The van der Waals surface area contributed by atoms with E-state index in [9.17, 15) is 4.79 Å².